The number of carbonyl (C=O) groups is 1. The molecule has 0 spiro atoms. The fraction of sp³-hybridized carbons (Fsp3) is 0.600. The van der Waals surface area contributed by atoms with Gasteiger partial charge in [0.05, 0.1) is 0 Å². The van der Waals surface area contributed by atoms with Crippen LogP contribution in [0.2, 0.25) is 0 Å². The number of rotatable bonds is 2. The summed E-state index contributed by atoms with van der Waals surface area (Å²) in [6, 6.07) is 1.69. The maximum absolute atomic E-state index is 11.9. The quantitative estimate of drug-likeness (QED) is 0.802. The predicted octanol–water partition coefficient (Wildman–Crippen LogP) is 0.642. The molecule has 0 saturated carbocycles. The number of aromatic amines is 1. The molecule has 1 atom stereocenters. The number of hydrogen-bond donors (Lipinski definition) is 2. The summed E-state index contributed by atoms with van der Waals surface area (Å²) in [5.74, 6) is 0.0182. The van der Waals surface area contributed by atoms with Crippen molar-refractivity contribution in [3.63, 3.8) is 0 Å². The lowest BCUT2D eigenvalue weighted by molar-refractivity contribution is 0.0771. The SMILES string of the molecule is CC1(CN)CCN(C(=O)c2ccn[nH]2)C1.Cl. The maximum atomic E-state index is 11.9. The van der Waals surface area contributed by atoms with Crippen LogP contribution in [0.4, 0.5) is 0 Å². The molecule has 2 rings (SSSR count). The topological polar surface area (TPSA) is 75.0 Å². The van der Waals surface area contributed by atoms with Crippen LogP contribution < -0.4 is 5.73 Å². The molecular formula is C10H17ClN4O. The number of H-pyrrole nitrogens is 1. The molecule has 1 fully saturated rings. The molecule has 1 saturated heterocycles. The Morgan fingerprint density at radius 2 is 2.50 bits per heavy atom. The highest BCUT2D eigenvalue weighted by Gasteiger charge is 2.35. The van der Waals surface area contributed by atoms with Crippen LogP contribution in [0.25, 0.3) is 0 Å². The van der Waals surface area contributed by atoms with Gasteiger partial charge in [0.1, 0.15) is 5.69 Å². The molecule has 3 N–H and O–H groups in total. The van der Waals surface area contributed by atoms with E-state index in [-0.39, 0.29) is 23.7 Å². The van der Waals surface area contributed by atoms with Gasteiger partial charge in [-0.25, -0.2) is 0 Å². The van der Waals surface area contributed by atoms with Crippen molar-refractivity contribution in [1.82, 2.24) is 15.1 Å². The Morgan fingerprint density at radius 1 is 1.75 bits per heavy atom. The maximum Gasteiger partial charge on any atom is 0.271 e. The Labute approximate surface area is 101 Å². The molecular weight excluding hydrogens is 228 g/mol. The minimum absolute atomic E-state index is 0. The highest BCUT2D eigenvalue weighted by molar-refractivity contribution is 5.92. The number of nitrogens with zero attached hydrogens (tertiary/aromatic N) is 2. The third-order valence-electron chi connectivity index (χ3n) is 3.07. The van der Waals surface area contributed by atoms with Gasteiger partial charge >= 0.3 is 0 Å². The first-order valence-electron chi connectivity index (χ1n) is 5.13. The molecule has 1 aromatic heterocycles. The molecule has 90 valence electrons. The van der Waals surface area contributed by atoms with Crippen LogP contribution in [0, 0.1) is 5.41 Å². The van der Waals surface area contributed by atoms with E-state index in [1.54, 1.807) is 12.3 Å². The monoisotopic (exact) mass is 244 g/mol. The number of likely N-dealkylation sites (tertiary alicyclic amines) is 1. The van der Waals surface area contributed by atoms with E-state index < -0.39 is 0 Å². The van der Waals surface area contributed by atoms with E-state index in [4.69, 9.17) is 5.73 Å². The van der Waals surface area contributed by atoms with E-state index in [1.165, 1.54) is 0 Å². The Hall–Kier alpha value is -1.07. The molecule has 5 nitrogen and oxygen atoms in total. The van der Waals surface area contributed by atoms with E-state index in [9.17, 15) is 4.79 Å². The predicted molar refractivity (Wildman–Crippen MR) is 63.5 cm³/mol. The van der Waals surface area contributed by atoms with Gasteiger partial charge in [-0.1, -0.05) is 6.92 Å². The summed E-state index contributed by atoms with van der Waals surface area (Å²) in [4.78, 5) is 13.8. The van der Waals surface area contributed by atoms with Crippen molar-refractivity contribution in [2.75, 3.05) is 19.6 Å². The summed E-state index contributed by atoms with van der Waals surface area (Å²) < 4.78 is 0. The number of carbonyl (C=O) groups excluding carboxylic acids is 1. The van der Waals surface area contributed by atoms with Crippen LogP contribution in [0.5, 0.6) is 0 Å². The zero-order valence-electron chi connectivity index (χ0n) is 9.27. The molecule has 0 radical (unpaired) electrons. The zero-order valence-corrected chi connectivity index (χ0v) is 10.1. The van der Waals surface area contributed by atoms with Crippen molar-refractivity contribution < 1.29 is 4.79 Å². The number of nitrogens with one attached hydrogen (secondary N) is 1. The molecule has 1 unspecified atom stereocenters. The van der Waals surface area contributed by atoms with Gasteiger partial charge in [-0.2, -0.15) is 5.10 Å². The summed E-state index contributed by atoms with van der Waals surface area (Å²) in [6.45, 7) is 4.26. The third-order valence-corrected chi connectivity index (χ3v) is 3.07. The normalized spacial score (nSPS) is 24.2. The molecule has 16 heavy (non-hydrogen) atoms. The van der Waals surface area contributed by atoms with Crippen molar-refractivity contribution in [2.24, 2.45) is 11.1 Å². The van der Waals surface area contributed by atoms with Gasteiger partial charge in [-0.3, -0.25) is 9.89 Å². The van der Waals surface area contributed by atoms with Gasteiger partial charge in [-0.15, -0.1) is 12.4 Å². The molecule has 0 aliphatic carbocycles. The van der Waals surface area contributed by atoms with Crippen molar-refractivity contribution in [2.45, 2.75) is 13.3 Å². The van der Waals surface area contributed by atoms with Gasteiger partial charge in [0.2, 0.25) is 0 Å². The van der Waals surface area contributed by atoms with E-state index in [2.05, 4.69) is 17.1 Å². The van der Waals surface area contributed by atoms with Crippen LogP contribution in [0.3, 0.4) is 0 Å². The molecule has 6 heteroatoms. The summed E-state index contributed by atoms with van der Waals surface area (Å²) in [5, 5.41) is 6.46. The third kappa shape index (κ3) is 2.36. The van der Waals surface area contributed by atoms with Crippen molar-refractivity contribution in [1.29, 1.82) is 0 Å². The number of halogens is 1. The number of nitrogens with two attached hydrogens (primary N) is 1. The smallest absolute Gasteiger partial charge is 0.271 e. The van der Waals surface area contributed by atoms with Crippen LogP contribution in [0.15, 0.2) is 12.3 Å². The molecule has 0 aromatic carbocycles. The number of aromatic nitrogens is 2. The van der Waals surface area contributed by atoms with Gasteiger partial charge < -0.3 is 10.6 Å². The molecule has 1 aliphatic heterocycles. The second-order valence-electron chi connectivity index (χ2n) is 4.46. The lowest BCUT2D eigenvalue weighted by Crippen LogP contribution is -2.34. The summed E-state index contributed by atoms with van der Waals surface area (Å²) in [7, 11) is 0. The van der Waals surface area contributed by atoms with Gasteiger partial charge in [-0.05, 0) is 24.4 Å². The average molecular weight is 245 g/mol. The van der Waals surface area contributed by atoms with Crippen molar-refractivity contribution in [3.8, 4) is 0 Å². The first-order valence-corrected chi connectivity index (χ1v) is 5.13. The highest BCUT2D eigenvalue weighted by Crippen LogP contribution is 2.29. The Balaban J connectivity index is 0.00000128. The van der Waals surface area contributed by atoms with Crippen LogP contribution >= 0.6 is 12.4 Å². The molecule has 1 amide bonds. The van der Waals surface area contributed by atoms with Gasteiger partial charge in [0, 0.05) is 19.3 Å². The highest BCUT2D eigenvalue weighted by atomic mass is 35.5. The standard InChI is InChI=1S/C10H16N4O.ClH/c1-10(6-11)3-5-14(7-10)9(15)8-2-4-12-13-8;/h2,4H,3,5-7,11H2,1H3,(H,12,13);1H. The number of amides is 1. The Morgan fingerprint density at radius 3 is 3.00 bits per heavy atom. The van der Waals surface area contributed by atoms with E-state index in [0.717, 1.165) is 19.5 Å². The van der Waals surface area contributed by atoms with E-state index >= 15 is 0 Å². The lowest BCUT2D eigenvalue weighted by atomic mass is 9.90. The molecule has 1 aliphatic rings. The van der Waals surface area contributed by atoms with Crippen molar-refractivity contribution in [3.05, 3.63) is 18.0 Å². The Kier molecular flexibility index (Phi) is 3.93. The first-order chi connectivity index (χ1) is 7.14. The summed E-state index contributed by atoms with van der Waals surface area (Å²) in [6.07, 6.45) is 2.56. The lowest BCUT2D eigenvalue weighted by Gasteiger charge is -2.22. The van der Waals surface area contributed by atoms with Crippen LogP contribution in [-0.4, -0.2) is 40.6 Å². The van der Waals surface area contributed by atoms with E-state index in [0.29, 0.717) is 12.2 Å². The average Bonchev–Trinajstić information content (AvgIpc) is 2.86. The molecule has 0 bridgehead atoms. The van der Waals surface area contributed by atoms with Crippen LogP contribution in [-0.2, 0) is 0 Å². The zero-order chi connectivity index (χ0) is 10.9. The summed E-state index contributed by atoms with van der Waals surface area (Å²) in [5.41, 5.74) is 6.32. The fourth-order valence-electron chi connectivity index (χ4n) is 1.91. The Bertz CT molecular complexity index is 354. The van der Waals surface area contributed by atoms with Crippen molar-refractivity contribution >= 4 is 18.3 Å². The van der Waals surface area contributed by atoms with Crippen LogP contribution in [0.1, 0.15) is 23.8 Å². The molecule has 1 aromatic rings. The first kappa shape index (κ1) is 13.0. The van der Waals surface area contributed by atoms with Gasteiger partial charge in [0.15, 0.2) is 0 Å². The molecule has 2 heterocycles. The largest absolute Gasteiger partial charge is 0.337 e. The second-order valence-corrected chi connectivity index (χ2v) is 4.46. The summed E-state index contributed by atoms with van der Waals surface area (Å²) >= 11 is 0. The minimum Gasteiger partial charge on any atom is -0.337 e. The van der Waals surface area contributed by atoms with Gasteiger partial charge in [0.25, 0.3) is 5.91 Å². The second kappa shape index (κ2) is 4.84. The minimum atomic E-state index is 0. The van der Waals surface area contributed by atoms with E-state index in [1.807, 2.05) is 4.90 Å². The number of hydrogen-bond acceptors (Lipinski definition) is 3. The fourth-order valence-corrected chi connectivity index (χ4v) is 1.91.